The lowest BCUT2D eigenvalue weighted by Crippen LogP contribution is -2.42. The van der Waals surface area contributed by atoms with Gasteiger partial charge in [-0.25, -0.2) is 0 Å². The fourth-order valence-electron chi connectivity index (χ4n) is 3.71. The number of fused-ring (bicyclic) bond motifs is 2. The van der Waals surface area contributed by atoms with E-state index in [1.807, 2.05) is 0 Å². The maximum atomic E-state index is 6.09. The van der Waals surface area contributed by atoms with E-state index in [0.29, 0.717) is 0 Å². The Morgan fingerprint density at radius 1 is 1.17 bits per heavy atom. The van der Waals surface area contributed by atoms with Crippen molar-refractivity contribution in [3.8, 4) is 11.5 Å². The van der Waals surface area contributed by atoms with Crippen molar-refractivity contribution in [1.82, 2.24) is 0 Å². The van der Waals surface area contributed by atoms with Gasteiger partial charge in [0.15, 0.2) is 0 Å². The van der Waals surface area contributed by atoms with E-state index in [1.165, 1.54) is 36.0 Å². The summed E-state index contributed by atoms with van der Waals surface area (Å²) >= 11 is 0. The smallest absolute Gasteiger partial charge is 0.126 e. The molecule has 1 aromatic rings. The van der Waals surface area contributed by atoms with Crippen LogP contribution >= 0.6 is 0 Å². The largest absolute Gasteiger partial charge is 0.493 e. The van der Waals surface area contributed by atoms with Crippen LogP contribution in [0, 0.1) is 0 Å². The molecule has 3 heteroatoms. The fraction of sp³-hybridized carbons (Fsp3) is 0.600. The molecule has 0 bridgehead atoms. The van der Waals surface area contributed by atoms with Crippen molar-refractivity contribution < 1.29 is 9.47 Å². The molecular weight excluding hydrogens is 226 g/mol. The van der Waals surface area contributed by atoms with E-state index in [0.717, 1.165) is 44.1 Å². The van der Waals surface area contributed by atoms with Crippen LogP contribution in [-0.4, -0.2) is 19.8 Å². The van der Waals surface area contributed by atoms with Crippen molar-refractivity contribution >= 4 is 0 Å². The number of hydrogen-bond acceptors (Lipinski definition) is 3. The topological polar surface area (TPSA) is 44.5 Å². The minimum Gasteiger partial charge on any atom is -0.493 e. The first kappa shape index (κ1) is 10.7. The third-order valence-corrected chi connectivity index (χ3v) is 4.88. The van der Waals surface area contributed by atoms with Gasteiger partial charge in [-0.05, 0) is 18.9 Å². The van der Waals surface area contributed by atoms with Crippen LogP contribution < -0.4 is 15.2 Å². The van der Waals surface area contributed by atoms with Crippen LogP contribution in [0.25, 0.3) is 0 Å². The second-order valence-electron chi connectivity index (χ2n) is 5.75. The normalized spacial score (nSPS) is 22.7. The van der Waals surface area contributed by atoms with E-state index in [9.17, 15) is 0 Å². The zero-order valence-corrected chi connectivity index (χ0v) is 10.6. The van der Waals surface area contributed by atoms with Gasteiger partial charge in [0.25, 0.3) is 0 Å². The van der Waals surface area contributed by atoms with Crippen LogP contribution in [0.3, 0.4) is 0 Å². The molecule has 1 fully saturated rings. The molecule has 0 radical (unpaired) electrons. The Morgan fingerprint density at radius 3 is 2.72 bits per heavy atom. The van der Waals surface area contributed by atoms with E-state index >= 15 is 0 Å². The van der Waals surface area contributed by atoms with Gasteiger partial charge in [-0.1, -0.05) is 6.42 Å². The minimum absolute atomic E-state index is 0.174. The molecule has 96 valence electrons. The zero-order chi connectivity index (χ0) is 12.2. The summed E-state index contributed by atoms with van der Waals surface area (Å²) in [6, 6.07) is 2.19. The average molecular weight is 245 g/mol. The Hall–Kier alpha value is -1.22. The lowest BCUT2D eigenvalue weighted by Gasteiger charge is -2.43. The molecule has 18 heavy (non-hydrogen) atoms. The van der Waals surface area contributed by atoms with Crippen molar-refractivity contribution in [1.29, 1.82) is 0 Å². The van der Waals surface area contributed by atoms with Crippen LogP contribution in [0.1, 0.15) is 36.0 Å². The first-order chi connectivity index (χ1) is 8.84. The summed E-state index contributed by atoms with van der Waals surface area (Å²) in [6.45, 7) is 2.36. The van der Waals surface area contributed by atoms with Crippen molar-refractivity contribution in [2.24, 2.45) is 5.73 Å². The number of nitrogens with two attached hydrogens (primary N) is 1. The van der Waals surface area contributed by atoms with Gasteiger partial charge in [0, 0.05) is 41.5 Å². The van der Waals surface area contributed by atoms with Gasteiger partial charge >= 0.3 is 0 Å². The molecule has 0 spiro atoms. The quantitative estimate of drug-likeness (QED) is 0.866. The summed E-state index contributed by atoms with van der Waals surface area (Å²) in [5.41, 5.74) is 10.4. The Bertz CT molecular complexity index is 468. The maximum absolute atomic E-state index is 6.09. The Balaban J connectivity index is 1.95. The number of benzene rings is 1. The molecule has 1 aromatic carbocycles. The highest BCUT2D eigenvalue weighted by molar-refractivity contribution is 5.60. The zero-order valence-electron chi connectivity index (χ0n) is 10.6. The van der Waals surface area contributed by atoms with Crippen molar-refractivity contribution in [3.63, 3.8) is 0 Å². The Kier molecular flexibility index (Phi) is 2.16. The van der Waals surface area contributed by atoms with Crippen molar-refractivity contribution in [2.45, 2.75) is 37.5 Å². The third kappa shape index (κ3) is 1.23. The average Bonchev–Trinajstić information content (AvgIpc) is 2.94. The Labute approximate surface area is 107 Å². The molecule has 1 aliphatic carbocycles. The molecule has 0 unspecified atom stereocenters. The van der Waals surface area contributed by atoms with Crippen molar-refractivity contribution in [3.05, 3.63) is 22.8 Å². The molecule has 0 aromatic heterocycles. The first-order valence-electron chi connectivity index (χ1n) is 6.99. The van der Waals surface area contributed by atoms with E-state index < -0.39 is 0 Å². The minimum atomic E-state index is 0.174. The highest BCUT2D eigenvalue weighted by atomic mass is 16.5. The number of ether oxygens (including phenoxy) is 2. The van der Waals surface area contributed by atoms with Gasteiger partial charge in [-0.3, -0.25) is 0 Å². The van der Waals surface area contributed by atoms with Crippen LogP contribution in [0.5, 0.6) is 11.5 Å². The third-order valence-electron chi connectivity index (χ3n) is 4.88. The van der Waals surface area contributed by atoms with Gasteiger partial charge in [0.2, 0.25) is 0 Å². The molecule has 2 N–H and O–H groups in total. The van der Waals surface area contributed by atoms with Crippen LogP contribution in [0.4, 0.5) is 0 Å². The lowest BCUT2D eigenvalue weighted by atomic mass is 9.62. The molecule has 1 saturated carbocycles. The predicted octanol–water partition coefficient (Wildman–Crippen LogP) is 1.94. The molecule has 2 aliphatic heterocycles. The van der Waals surface area contributed by atoms with Crippen molar-refractivity contribution in [2.75, 3.05) is 19.8 Å². The molecule has 4 rings (SSSR count). The molecule has 0 atom stereocenters. The summed E-state index contributed by atoms with van der Waals surface area (Å²) in [5, 5.41) is 0. The van der Waals surface area contributed by atoms with Crippen LogP contribution in [0.2, 0.25) is 0 Å². The highest BCUT2D eigenvalue weighted by Crippen LogP contribution is 2.53. The lowest BCUT2D eigenvalue weighted by molar-refractivity contribution is 0.239. The van der Waals surface area contributed by atoms with Crippen LogP contribution in [0.15, 0.2) is 6.07 Å². The standard InChI is InChI=1S/C15H19NO2/c16-9-15(4-1-5-15)13-11-3-7-17-12(11)8-10-2-6-18-14(10)13/h8H,1-7,9,16H2. The maximum Gasteiger partial charge on any atom is 0.126 e. The summed E-state index contributed by atoms with van der Waals surface area (Å²) in [5.74, 6) is 2.23. The summed E-state index contributed by atoms with van der Waals surface area (Å²) < 4.78 is 11.7. The van der Waals surface area contributed by atoms with E-state index in [2.05, 4.69) is 6.07 Å². The molecule has 3 aliphatic rings. The Morgan fingerprint density at radius 2 is 2.00 bits per heavy atom. The number of rotatable bonds is 2. The second-order valence-corrected chi connectivity index (χ2v) is 5.75. The molecule has 2 heterocycles. The molecule has 3 nitrogen and oxygen atoms in total. The van der Waals surface area contributed by atoms with E-state index in [1.54, 1.807) is 0 Å². The molecule has 0 amide bonds. The van der Waals surface area contributed by atoms with E-state index in [-0.39, 0.29) is 5.41 Å². The number of hydrogen-bond donors (Lipinski definition) is 1. The van der Waals surface area contributed by atoms with Gasteiger partial charge in [0.05, 0.1) is 13.2 Å². The van der Waals surface area contributed by atoms with Gasteiger partial charge in [-0.15, -0.1) is 0 Å². The summed E-state index contributed by atoms with van der Waals surface area (Å²) in [7, 11) is 0. The van der Waals surface area contributed by atoms with E-state index in [4.69, 9.17) is 15.2 Å². The fourth-order valence-corrected chi connectivity index (χ4v) is 3.71. The highest BCUT2D eigenvalue weighted by Gasteiger charge is 2.44. The van der Waals surface area contributed by atoms with Gasteiger partial charge < -0.3 is 15.2 Å². The molecular formula is C15H19NO2. The summed E-state index contributed by atoms with van der Waals surface area (Å²) in [6.07, 6.45) is 5.73. The summed E-state index contributed by atoms with van der Waals surface area (Å²) in [4.78, 5) is 0. The monoisotopic (exact) mass is 245 g/mol. The SMILES string of the molecule is NCC1(c2c3c(cc4c2OCC4)OCC3)CCC1. The molecule has 0 saturated heterocycles. The van der Waals surface area contributed by atoms with Gasteiger partial charge in [0.1, 0.15) is 11.5 Å². The van der Waals surface area contributed by atoms with Crippen LogP contribution in [-0.2, 0) is 18.3 Å². The first-order valence-corrected chi connectivity index (χ1v) is 6.99. The second kappa shape index (κ2) is 3.64. The van der Waals surface area contributed by atoms with Gasteiger partial charge in [-0.2, -0.15) is 0 Å². The predicted molar refractivity (Wildman–Crippen MR) is 69.4 cm³/mol.